The molecule has 1 aromatic carbocycles. The summed E-state index contributed by atoms with van der Waals surface area (Å²) >= 11 is 3.38. The third-order valence-corrected chi connectivity index (χ3v) is 2.42. The first-order valence-corrected chi connectivity index (χ1v) is 4.90. The molecule has 0 N–H and O–H groups in total. The molecular weight excluding hydrogens is 228 g/mol. The summed E-state index contributed by atoms with van der Waals surface area (Å²) in [7, 11) is 0. The maximum atomic E-state index is 5.16. The van der Waals surface area contributed by atoms with E-state index in [1.165, 1.54) is 0 Å². The van der Waals surface area contributed by atoms with Crippen LogP contribution < -0.4 is 0 Å². The Morgan fingerprint density at radius 1 is 1.38 bits per heavy atom. The molecule has 0 spiro atoms. The number of hydrogen-bond acceptors (Lipinski definition) is 1. The first-order chi connectivity index (χ1) is 6.18. The summed E-state index contributed by atoms with van der Waals surface area (Å²) in [4.78, 5) is 0. The van der Waals surface area contributed by atoms with Crippen LogP contribution in [0.15, 0.2) is 28.7 Å². The van der Waals surface area contributed by atoms with Gasteiger partial charge in [-0.2, -0.15) is 0 Å². The minimum absolute atomic E-state index is 0.174. The quantitative estimate of drug-likeness (QED) is 0.499. The molecule has 0 saturated carbocycles. The Kier molecular flexibility index (Phi) is 2.15. The zero-order valence-corrected chi connectivity index (χ0v) is 8.89. The summed E-state index contributed by atoms with van der Waals surface area (Å²) in [6.45, 7) is 2.76. The zero-order chi connectivity index (χ0) is 9.31. The van der Waals surface area contributed by atoms with E-state index in [0.29, 0.717) is 0 Å². The minimum Gasteiger partial charge on any atom is -0.356 e. The van der Waals surface area contributed by atoms with Crippen LogP contribution in [-0.4, -0.2) is 12.2 Å². The molecule has 13 heavy (non-hydrogen) atoms. The van der Waals surface area contributed by atoms with Gasteiger partial charge >= 0.3 is 0 Å². The Balaban J connectivity index is 2.16. The largest absolute Gasteiger partial charge is 0.356 e. The minimum atomic E-state index is -0.174. The van der Waals surface area contributed by atoms with Crippen molar-refractivity contribution in [3.05, 3.63) is 34.3 Å². The number of rotatable bonds is 0. The van der Waals surface area contributed by atoms with E-state index in [0.717, 1.165) is 16.6 Å². The Bertz CT molecular complexity index is 365. The van der Waals surface area contributed by atoms with Gasteiger partial charge in [0.2, 0.25) is 0 Å². The number of ether oxygens (including phenoxy) is 1. The van der Waals surface area contributed by atoms with E-state index in [4.69, 9.17) is 4.74 Å². The average molecular weight is 237 g/mol. The van der Waals surface area contributed by atoms with Gasteiger partial charge in [0.05, 0.1) is 6.61 Å². The molecule has 1 unspecified atom stereocenters. The number of epoxide rings is 1. The van der Waals surface area contributed by atoms with Gasteiger partial charge < -0.3 is 4.74 Å². The van der Waals surface area contributed by atoms with Crippen molar-refractivity contribution in [2.24, 2.45) is 0 Å². The standard InChI is InChI=1S/C11H9BrO/c1-11(8-13-11)7-6-9-2-4-10(12)5-3-9/h2-5H,8H2,1H3. The summed E-state index contributed by atoms with van der Waals surface area (Å²) in [5, 5.41) is 0. The fraction of sp³-hybridized carbons (Fsp3) is 0.273. The Labute approximate surface area is 86.2 Å². The third-order valence-electron chi connectivity index (χ3n) is 1.89. The van der Waals surface area contributed by atoms with Gasteiger partial charge in [0.1, 0.15) is 5.60 Å². The first kappa shape index (κ1) is 8.80. The van der Waals surface area contributed by atoms with E-state index in [2.05, 4.69) is 27.8 Å². The van der Waals surface area contributed by atoms with Crippen molar-refractivity contribution in [3.8, 4) is 11.8 Å². The van der Waals surface area contributed by atoms with Crippen molar-refractivity contribution in [2.75, 3.05) is 6.61 Å². The van der Waals surface area contributed by atoms with Crippen LogP contribution in [0.25, 0.3) is 0 Å². The summed E-state index contributed by atoms with van der Waals surface area (Å²) in [5.41, 5.74) is 0.854. The highest BCUT2D eigenvalue weighted by Gasteiger charge is 2.37. The molecule has 0 aliphatic carbocycles. The molecule has 1 aromatic rings. The van der Waals surface area contributed by atoms with Crippen molar-refractivity contribution in [2.45, 2.75) is 12.5 Å². The Hall–Kier alpha value is -0.780. The Morgan fingerprint density at radius 2 is 2.00 bits per heavy atom. The second-order valence-electron chi connectivity index (χ2n) is 3.28. The molecule has 66 valence electrons. The van der Waals surface area contributed by atoms with Gasteiger partial charge in [0, 0.05) is 10.0 Å². The highest BCUT2D eigenvalue weighted by molar-refractivity contribution is 9.10. The van der Waals surface area contributed by atoms with E-state index < -0.39 is 0 Å². The van der Waals surface area contributed by atoms with Crippen LogP contribution >= 0.6 is 15.9 Å². The number of benzene rings is 1. The summed E-state index contributed by atoms with van der Waals surface area (Å²) in [5.74, 6) is 6.16. The Morgan fingerprint density at radius 3 is 2.54 bits per heavy atom. The lowest BCUT2D eigenvalue weighted by Gasteiger charge is -1.91. The predicted octanol–water partition coefficient (Wildman–Crippen LogP) is 2.59. The van der Waals surface area contributed by atoms with Crippen LogP contribution in [0.3, 0.4) is 0 Å². The maximum absolute atomic E-state index is 5.16. The van der Waals surface area contributed by atoms with Crippen molar-refractivity contribution < 1.29 is 4.74 Å². The van der Waals surface area contributed by atoms with Gasteiger partial charge in [0.25, 0.3) is 0 Å². The van der Waals surface area contributed by atoms with E-state index in [-0.39, 0.29) is 5.60 Å². The zero-order valence-electron chi connectivity index (χ0n) is 7.30. The van der Waals surface area contributed by atoms with Gasteiger partial charge in [-0.05, 0) is 31.2 Å². The van der Waals surface area contributed by atoms with Crippen molar-refractivity contribution in [1.82, 2.24) is 0 Å². The molecule has 1 fully saturated rings. The molecule has 0 amide bonds. The average Bonchev–Trinajstić information content (AvgIpc) is 2.84. The van der Waals surface area contributed by atoms with Crippen LogP contribution in [-0.2, 0) is 4.74 Å². The van der Waals surface area contributed by atoms with E-state index >= 15 is 0 Å². The topological polar surface area (TPSA) is 12.5 Å². The second kappa shape index (κ2) is 3.17. The number of hydrogen-bond donors (Lipinski definition) is 0. The number of halogens is 1. The van der Waals surface area contributed by atoms with Gasteiger partial charge in [-0.1, -0.05) is 27.8 Å². The molecule has 1 aliphatic heterocycles. The highest BCUT2D eigenvalue weighted by Crippen LogP contribution is 2.24. The van der Waals surface area contributed by atoms with Gasteiger partial charge in [-0.3, -0.25) is 0 Å². The van der Waals surface area contributed by atoms with Crippen molar-refractivity contribution >= 4 is 15.9 Å². The van der Waals surface area contributed by atoms with Gasteiger partial charge in [0.15, 0.2) is 0 Å². The van der Waals surface area contributed by atoms with Gasteiger partial charge in [-0.25, -0.2) is 0 Å². The smallest absolute Gasteiger partial charge is 0.149 e. The molecule has 2 rings (SSSR count). The van der Waals surface area contributed by atoms with Crippen LogP contribution in [0.1, 0.15) is 12.5 Å². The van der Waals surface area contributed by atoms with Crippen LogP contribution in [0.4, 0.5) is 0 Å². The van der Waals surface area contributed by atoms with Gasteiger partial charge in [-0.15, -0.1) is 0 Å². The van der Waals surface area contributed by atoms with Crippen molar-refractivity contribution in [1.29, 1.82) is 0 Å². The maximum Gasteiger partial charge on any atom is 0.149 e. The molecule has 1 atom stereocenters. The van der Waals surface area contributed by atoms with E-state index in [1.807, 2.05) is 31.2 Å². The normalized spacial score (nSPS) is 24.8. The van der Waals surface area contributed by atoms with Crippen LogP contribution in [0.5, 0.6) is 0 Å². The summed E-state index contributed by atoms with van der Waals surface area (Å²) in [6.07, 6.45) is 0. The third kappa shape index (κ3) is 2.33. The SMILES string of the molecule is CC1(C#Cc2ccc(Br)cc2)CO1. The molecule has 1 aliphatic rings. The fourth-order valence-electron chi connectivity index (χ4n) is 0.918. The van der Waals surface area contributed by atoms with E-state index in [9.17, 15) is 0 Å². The monoisotopic (exact) mass is 236 g/mol. The highest BCUT2D eigenvalue weighted by atomic mass is 79.9. The first-order valence-electron chi connectivity index (χ1n) is 4.11. The second-order valence-corrected chi connectivity index (χ2v) is 4.19. The lowest BCUT2D eigenvalue weighted by molar-refractivity contribution is 0.378. The fourth-order valence-corrected chi connectivity index (χ4v) is 1.18. The summed E-state index contributed by atoms with van der Waals surface area (Å²) in [6, 6.07) is 7.95. The van der Waals surface area contributed by atoms with Crippen LogP contribution in [0.2, 0.25) is 0 Å². The molecule has 0 bridgehead atoms. The molecule has 0 aromatic heterocycles. The molecule has 2 heteroatoms. The molecule has 1 nitrogen and oxygen atoms in total. The molecule has 1 saturated heterocycles. The van der Waals surface area contributed by atoms with E-state index in [1.54, 1.807) is 0 Å². The lowest BCUT2D eigenvalue weighted by atomic mass is 10.2. The lowest BCUT2D eigenvalue weighted by Crippen LogP contribution is -1.97. The molecule has 1 heterocycles. The summed E-state index contributed by atoms with van der Waals surface area (Å²) < 4.78 is 6.23. The molecule has 0 radical (unpaired) electrons. The predicted molar refractivity (Wildman–Crippen MR) is 55.4 cm³/mol. The van der Waals surface area contributed by atoms with Crippen LogP contribution in [0, 0.1) is 11.8 Å². The van der Waals surface area contributed by atoms with Crippen molar-refractivity contribution in [3.63, 3.8) is 0 Å². The molecular formula is C11H9BrO.